The van der Waals surface area contributed by atoms with E-state index in [1.165, 1.54) is 20.3 Å². The fourth-order valence-corrected chi connectivity index (χ4v) is 3.14. The van der Waals surface area contributed by atoms with Gasteiger partial charge in [-0.2, -0.15) is 0 Å². The lowest BCUT2D eigenvalue weighted by molar-refractivity contribution is -0.138. The third-order valence-electron chi connectivity index (χ3n) is 4.51. The summed E-state index contributed by atoms with van der Waals surface area (Å²) < 4.78 is 29.7. The fraction of sp³-hybridized carbons (Fsp3) is 0.300. The minimum Gasteiger partial charge on any atom is -0.493 e. The molecule has 0 aliphatic carbocycles. The zero-order valence-electron chi connectivity index (χ0n) is 15.4. The third-order valence-corrected chi connectivity index (χ3v) is 4.51. The lowest BCUT2D eigenvalue weighted by Gasteiger charge is -2.21. The SMILES string of the molecule is COc1ccc([C@@H](CC(=O)O)NC(=O)[C@@H]2Cc3cccc(F)c3O2)cc1OC. The number of benzene rings is 2. The highest BCUT2D eigenvalue weighted by Crippen LogP contribution is 2.33. The van der Waals surface area contributed by atoms with E-state index in [1.54, 1.807) is 30.3 Å². The van der Waals surface area contributed by atoms with Crippen molar-refractivity contribution in [3.05, 3.63) is 53.3 Å². The van der Waals surface area contributed by atoms with Gasteiger partial charge in [0.2, 0.25) is 0 Å². The molecule has 0 unspecified atom stereocenters. The zero-order chi connectivity index (χ0) is 20.3. The standard InChI is InChI=1S/C20H20FNO6/c1-26-15-7-6-11(8-16(15)27-2)14(10-18(23)24)22-20(25)17-9-12-4-3-5-13(21)19(12)28-17/h3-8,14,17H,9-10H2,1-2H3,(H,22,25)(H,23,24)/t14-,17+/m1/s1. The van der Waals surface area contributed by atoms with E-state index in [2.05, 4.69) is 5.32 Å². The van der Waals surface area contributed by atoms with Crippen LogP contribution in [-0.4, -0.2) is 37.3 Å². The number of halogens is 1. The van der Waals surface area contributed by atoms with E-state index in [1.807, 2.05) is 0 Å². The molecule has 0 aromatic heterocycles. The van der Waals surface area contributed by atoms with E-state index in [0.717, 1.165) is 0 Å². The number of nitrogens with one attached hydrogen (secondary N) is 1. The lowest BCUT2D eigenvalue weighted by Crippen LogP contribution is -2.40. The Balaban J connectivity index is 1.79. The normalized spacial score (nSPS) is 15.9. The maximum Gasteiger partial charge on any atom is 0.305 e. The van der Waals surface area contributed by atoms with Crippen LogP contribution in [0.5, 0.6) is 17.2 Å². The first-order chi connectivity index (χ1) is 13.4. The third kappa shape index (κ3) is 4.00. The van der Waals surface area contributed by atoms with Gasteiger partial charge < -0.3 is 24.6 Å². The van der Waals surface area contributed by atoms with Crippen LogP contribution in [0.15, 0.2) is 36.4 Å². The number of hydrogen-bond acceptors (Lipinski definition) is 5. The highest BCUT2D eigenvalue weighted by molar-refractivity contribution is 5.83. The van der Waals surface area contributed by atoms with Crippen molar-refractivity contribution in [1.29, 1.82) is 0 Å². The maximum absolute atomic E-state index is 13.8. The summed E-state index contributed by atoms with van der Waals surface area (Å²) in [6.07, 6.45) is -1.05. The van der Waals surface area contributed by atoms with Crippen LogP contribution < -0.4 is 19.5 Å². The van der Waals surface area contributed by atoms with E-state index in [9.17, 15) is 19.1 Å². The van der Waals surface area contributed by atoms with E-state index in [0.29, 0.717) is 22.6 Å². The molecule has 0 saturated heterocycles. The number of methoxy groups -OCH3 is 2. The van der Waals surface area contributed by atoms with Crippen molar-refractivity contribution in [1.82, 2.24) is 5.32 Å². The summed E-state index contributed by atoms with van der Waals surface area (Å²) in [4.78, 5) is 24.0. The Morgan fingerprint density at radius 1 is 1.25 bits per heavy atom. The molecule has 28 heavy (non-hydrogen) atoms. The highest BCUT2D eigenvalue weighted by Gasteiger charge is 2.33. The second-order valence-corrected chi connectivity index (χ2v) is 6.31. The topological polar surface area (TPSA) is 94.1 Å². The number of amides is 1. The van der Waals surface area contributed by atoms with Gasteiger partial charge in [-0.15, -0.1) is 0 Å². The predicted octanol–water partition coefficient (Wildman–Crippen LogP) is 2.48. The van der Waals surface area contributed by atoms with E-state index in [-0.39, 0.29) is 18.6 Å². The molecule has 1 aliphatic rings. The number of aliphatic carboxylic acids is 1. The Labute approximate surface area is 161 Å². The van der Waals surface area contributed by atoms with Gasteiger partial charge in [0.05, 0.1) is 26.7 Å². The molecule has 2 aromatic carbocycles. The summed E-state index contributed by atoms with van der Waals surface area (Å²) in [6, 6.07) is 8.57. The van der Waals surface area contributed by atoms with Crippen LogP contribution >= 0.6 is 0 Å². The minimum absolute atomic E-state index is 0.0588. The van der Waals surface area contributed by atoms with E-state index in [4.69, 9.17) is 14.2 Å². The Hall–Kier alpha value is -3.29. The van der Waals surface area contributed by atoms with Gasteiger partial charge in [-0.3, -0.25) is 9.59 Å². The van der Waals surface area contributed by atoms with Crippen molar-refractivity contribution in [2.75, 3.05) is 14.2 Å². The monoisotopic (exact) mass is 389 g/mol. The second kappa shape index (κ2) is 8.16. The summed E-state index contributed by atoms with van der Waals surface area (Å²) in [6.45, 7) is 0. The number of carbonyl (C=O) groups is 2. The number of ether oxygens (including phenoxy) is 3. The van der Waals surface area contributed by atoms with Gasteiger partial charge in [-0.1, -0.05) is 18.2 Å². The summed E-state index contributed by atoms with van der Waals surface area (Å²) in [5, 5.41) is 11.9. The summed E-state index contributed by atoms with van der Waals surface area (Å²) in [7, 11) is 2.95. The quantitative estimate of drug-likeness (QED) is 0.756. The molecule has 1 amide bonds. The van der Waals surface area contributed by atoms with Crippen LogP contribution in [-0.2, 0) is 16.0 Å². The fourth-order valence-electron chi connectivity index (χ4n) is 3.14. The Kier molecular flexibility index (Phi) is 5.67. The average Bonchev–Trinajstić information content (AvgIpc) is 3.12. The van der Waals surface area contributed by atoms with Crippen LogP contribution in [0.25, 0.3) is 0 Å². The molecular formula is C20H20FNO6. The van der Waals surface area contributed by atoms with Crippen LogP contribution in [0.1, 0.15) is 23.6 Å². The number of hydrogen-bond donors (Lipinski definition) is 2. The van der Waals surface area contributed by atoms with Gasteiger partial charge in [-0.25, -0.2) is 4.39 Å². The molecule has 0 fully saturated rings. The number of para-hydroxylation sites is 1. The lowest BCUT2D eigenvalue weighted by atomic mass is 10.0. The largest absolute Gasteiger partial charge is 0.493 e. The molecule has 0 radical (unpaired) electrons. The van der Waals surface area contributed by atoms with Gasteiger partial charge in [0.15, 0.2) is 29.2 Å². The molecular weight excluding hydrogens is 369 g/mol. The summed E-state index contributed by atoms with van der Waals surface area (Å²) in [5.41, 5.74) is 1.14. The number of carboxylic acids is 1. The van der Waals surface area contributed by atoms with Crippen molar-refractivity contribution in [3.8, 4) is 17.2 Å². The second-order valence-electron chi connectivity index (χ2n) is 6.31. The Morgan fingerprint density at radius 2 is 2.00 bits per heavy atom. The van der Waals surface area contributed by atoms with Gasteiger partial charge in [0.25, 0.3) is 5.91 Å². The first kappa shape index (κ1) is 19.5. The zero-order valence-corrected chi connectivity index (χ0v) is 15.4. The summed E-state index contributed by atoms with van der Waals surface area (Å²) >= 11 is 0. The molecule has 2 aromatic rings. The molecule has 0 saturated carbocycles. The van der Waals surface area contributed by atoms with Gasteiger partial charge in [-0.05, 0) is 23.8 Å². The van der Waals surface area contributed by atoms with Crippen molar-refractivity contribution < 1.29 is 33.3 Å². The van der Waals surface area contributed by atoms with Gasteiger partial charge in [0.1, 0.15) is 0 Å². The molecule has 148 valence electrons. The van der Waals surface area contributed by atoms with Crippen molar-refractivity contribution in [2.45, 2.75) is 25.0 Å². The van der Waals surface area contributed by atoms with Crippen LogP contribution in [0.4, 0.5) is 4.39 Å². The number of carbonyl (C=O) groups excluding carboxylic acids is 1. The molecule has 8 heteroatoms. The molecule has 2 atom stereocenters. The first-order valence-corrected chi connectivity index (χ1v) is 8.61. The Bertz CT molecular complexity index is 900. The minimum atomic E-state index is -1.08. The van der Waals surface area contributed by atoms with Crippen molar-refractivity contribution in [2.24, 2.45) is 0 Å². The van der Waals surface area contributed by atoms with Crippen LogP contribution in [0.3, 0.4) is 0 Å². The smallest absolute Gasteiger partial charge is 0.305 e. The van der Waals surface area contributed by atoms with E-state index < -0.39 is 29.8 Å². The van der Waals surface area contributed by atoms with Gasteiger partial charge >= 0.3 is 5.97 Å². The predicted molar refractivity (Wildman–Crippen MR) is 97.2 cm³/mol. The maximum atomic E-state index is 13.8. The molecule has 3 rings (SSSR count). The number of carboxylic acid groups (broad SMARTS) is 1. The molecule has 1 aliphatic heterocycles. The van der Waals surface area contributed by atoms with Gasteiger partial charge in [0, 0.05) is 12.0 Å². The Morgan fingerprint density at radius 3 is 2.64 bits per heavy atom. The molecule has 0 spiro atoms. The molecule has 7 nitrogen and oxygen atoms in total. The highest BCUT2D eigenvalue weighted by atomic mass is 19.1. The number of fused-ring (bicyclic) bond motifs is 1. The van der Waals surface area contributed by atoms with Crippen LogP contribution in [0, 0.1) is 5.82 Å². The molecule has 1 heterocycles. The van der Waals surface area contributed by atoms with Crippen molar-refractivity contribution in [3.63, 3.8) is 0 Å². The number of rotatable bonds is 7. The molecule has 0 bridgehead atoms. The van der Waals surface area contributed by atoms with Crippen molar-refractivity contribution >= 4 is 11.9 Å². The van der Waals surface area contributed by atoms with Crippen LogP contribution in [0.2, 0.25) is 0 Å². The first-order valence-electron chi connectivity index (χ1n) is 8.61. The average molecular weight is 389 g/mol. The molecule has 2 N–H and O–H groups in total. The van der Waals surface area contributed by atoms with E-state index >= 15 is 0 Å². The summed E-state index contributed by atoms with van der Waals surface area (Å²) in [5.74, 6) is -1.18.